The summed E-state index contributed by atoms with van der Waals surface area (Å²) in [6.07, 6.45) is 4.10. The van der Waals surface area contributed by atoms with Gasteiger partial charge in [0.1, 0.15) is 11.6 Å². The van der Waals surface area contributed by atoms with Crippen LogP contribution >= 0.6 is 0 Å². The van der Waals surface area contributed by atoms with E-state index in [1.54, 1.807) is 25.6 Å². The molecule has 1 aromatic carbocycles. The van der Waals surface area contributed by atoms with Gasteiger partial charge >= 0.3 is 0 Å². The topological polar surface area (TPSA) is 118 Å². The van der Waals surface area contributed by atoms with Gasteiger partial charge in [-0.3, -0.25) is 15.2 Å². The molecule has 0 radical (unpaired) electrons. The Kier molecular flexibility index (Phi) is 5.71. The number of anilines is 2. The Hall–Kier alpha value is -3.49. The highest BCUT2D eigenvalue weighted by molar-refractivity contribution is 5.89. The number of carbonyl (C=O) groups is 1. The van der Waals surface area contributed by atoms with Crippen LogP contribution in [-0.2, 0) is 11.2 Å². The zero-order valence-electron chi connectivity index (χ0n) is 14.3. The molecule has 9 heteroatoms. The normalized spacial score (nSPS) is 10.3. The van der Waals surface area contributed by atoms with Gasteiger partial charge in [0.05, 0.1) is 7.11 Å². The monoisotopic (exact) mass is 353 g/mol. The minimum absolute atomic E-state index is 0.191. The number of benzene rings is 1. The van der Waals surface area contributed by atoms with Crippen molar-refractivity contribution < 1.29 is 9.53 Å². The molecule has 2 aromatic heterocycles. The maximum absolute atomic E-state index is 11.9. The summed E-state index contributed by atoms with van der Waals surface area (Å²) in [6.45, 7) is 0.416. The summed E-state index contributed by atoms with van der Waals surface area (Å²) in [5.74, 6) is 2.02. The predicted molar refractivity (Wildman–Crippen MR) is 96.0 cm³/mol. The lowest BCUT2D eigenvalue weighted by Crippen LogP contribution is -2.17. The molecule has 0 aliphatic carbocycles. The Morgan fingerprint density at radius 3 is 2.65 bits per heavy atom. The van der Waals surface area contributed by atoms with Crippen molar-refractivity contribution in [1.29, 1.82) is 0 Å². The molecule has 0 atom stereocenters. The molecule has 26 heavy (non-hydrogen) atoms. The van der Waals surface area contributed by atoms with E-state index in [-0.39, 0.29) is 18.3 Å². The van der Waals surface area contributed by atoms with Gasteiger partial charge in [-0.25, -0.2) is 9.97 Å². The maximum atomic E-state index is 11.9. The standard InChI is InChI=1S/C17H19N7O2/c1-26-13-5-3-12(4-6-13)11-14-21-17(24-23-14)22-15(25)7-10-20-16-18-8-2-9-19-16/h2-6,8-9H,7,10-11H2,1H3,(H,18,19,20)(H2,21,22,23,24,25). The lowest BCUT2D eigenvalue weighted by molar-refractivity contribution is -0.116. The van der Waals surface area contributed by atoms with Crippen molar-refractivity contribution in [1.82, 2.24) is 25.1 Å². The van der Waals surface area contributed by atoms with E-state index in [9.17, 15) is 4.79 Å². The molecule has 0 aliphatic rings. The number of ether oxygens (including phenoxy) is 1. The van der Waals surface area contributed by atoms with Crippen molar-refractivity contribution in [2.75, 3.05) is 24.3 Å². The molecule has 0 saturated carbocycles. The van der Waals surface area contributed by atoms with E-state index in [1.807, 2.05) is 24.3 Å². The van der Waals surface area contributed by atoms with Crippen molar-refractivity contribution in [3.63, 3.8) is 0 Å². The fourth-order valence-electron chi connectivity index (χ4n) is 2.23. The Balaban J connectivity index is 1.45. The highest BCUT2D eigenvalue weighted by atomic mass is 16.5. The molecular weight excluding hydrogens is 334 g/mol. The van der Waals surface area contributed by atoms with E-state index < -0.39 is 0 Å². The summed E-state index contributed by atoms with van der Waals surface area (Å²) in [5, 5.41) is 12.5. The van der Waals surface area contributed by atoms with Crippen LogP contribution in [0, 0.1) is 0 Å². The number of hydrogen-bond donors (Lipinski definition) is 3. The van der Waals surface area contributed by atoms with Crippen LogP contribution in [0.4, 0.5) is 11.9 Å². The first kappa shape index (κ1) is 17.3. The number of amides is 1. The molecule has 2 heterocycles. The molecule has 0 unspecified atom stereocenters. The summed E-state index contributed by atoms with van der Waals surface area (Å²) in [7, 11) is 1.63. The van der Waals surface area contributed by atoms with E-state index in [0.29, 0.717) is 24.7 Å². The predicted octanol–water partition coefficient (Wildman–Crippen LogP) is 1.63. The number of hydrogen-bond acceptors (Lipinski definition) is 7. The summed E-state index contributed by atoms with van der Waals surface area (Å²) < 4.78 is 5.13. The van der Waals surface area contributed by atoms with Crippen LogP contribution in [0.1, 0.15) is 17.8 Å². The highest BCUT2D eigenvalue weighted by Gasteiger charge is 2.08. The first-order chi connectivity index (χ1) is 12.7. The average molecular weight is 353 g/mol. The number of methoxy groups -OCH3 is 1. The van der Waals surface area contributed by atoms with Crippen molar-refractivity contribution >= 4 is 17.8 Å². The van der Waals surface area contributed by atoms with Gasteiger partial charge in [0.25, 0.3) is 0 Å². The van der Waals surface area contributed by atoms with Gasteiger partial charge in [-0.05, 0) is 23.8 Å². The van der Waals surface area contributed by atoms with Crippen LogP contribution in [0.25, 0.3) is 0 Å². The third kappa shape index (κ3) is 5.00. The van der Waals surface area contributed by atoms with Crippen LogP contribution in [-0.4, -0.2) is 44.7 Å². The molecule has 1 amide bonds. The Morgan fingerprint density at radius 2 is 1.92 bits per heavy atom. The Bertz CT molecular complexity index is 834. The third-order valence-corrected chi connectivity index (χ3v) is 3.51. The van der Waals surface area contributed by atoms with Crippen molar-refractivity contribution in [3.05, 3.63) is 54.1 Å². The number of H-pyrrole nitrogens is 1. The van der Waals surface area contributed by atoms with Crippen molar-refractivity contribution in [3.8, 4) is 5.75 Å². The number of nitrogens with one attached hydrogen (secondary N) is 3. The molecular formula is C17H19N7O2. The zero-order valence-corrected chi connectivity index (χ0v) is 14.3. The van der Waals surface area contributed by atoms with E-state index in [4.69, 9.17) is 4.74 Å². The number of aromatic nitrogens is 5. The zero-order chi connectivity index (χ0) is 18.2. The molecule has 134 valence electrons. The van der Waals surface area contributed by atoms with E-state index in [1.165, 1.54) is 0 Å². The second-order valence-electron chi connectivity index (χ2n) is 5.43. The molecule has 3 N–H and O–H groups in total. The maximum Gasteiger partial charge on any atom is 0.248 e. The number of nitrogens with zero attached hydrogens (tertiary/aromatic N) is 4. The SMILES string of the molecule is COc1ccc(Cc2nc(NC(=O)CCNc3ncccn3)n[nH]2)cc1. The quantitative estimate of drug-likeness (QED) is 0.563. The molecule has 9 nitrogen and oxygen atoms in total. The highest BCUT2D eigenvalue weighted by Crippen LogP contribution is 2.13. The molecule has 0 saturated heterocycles. The van der Waals surface area contributed by atoms with Gasteiger partial charge in [0.2, 0.25) is 17.8 Å². The molecule has 3 aromatic rings. The largest absolute Gasteiger partial charge is 0.497 e. The van der Waals surface area contributed by atoms with Gasteiger partial charge in [0.15, 0.2) is 0 Å². The second-order valence-corrected chi connectivity index (χ2v) is 5.43. The summed E-state index contributed by atoms with van der Waals surface area (Å²) in [6, 6.07) is 9.41. The fourth-order valence-corrected chi connectivity index (χ4v) is 2.23. The van der Waals surface area contributed by atoms with Crippen LogP contribution in [0.3, 0.4) is 0 Å². The minimum atomic E-state index is -0.191. The lowest BCUT2D eigenvalue weighted by Gasteiger charge is -2.03. The molecule has 0 fully saturated rings. The third-order valence-electron chi connectivity index (χ3n) is 3.51. The summed E-state index contributed by atoms with van der Waals surface area (Å²) >= 11 is 0. The smallest absolute Gasteiger partial charge is 0.248 e. The first-order valence-electron chi connectivity index (χ1n) is 8.08. The van der Waals surface area contributed by atoms with Gasteiger partial charge in [-0.15, -0.1) is 5.10 Å². The van der Waals surface area contributed by atoms with Crippen molar-refractivity contribution in [2.45, 2.75) is 12.8 Å². The minimum Gasteiger partial charge on any atom is -0.497 e. The van der Waals surface area contributed by atoms with Gasteiger partial charge in [-0.1, -0.05) is 12.1 Å². The summed E-state index contributed by atoms with van der Waals surface area (Å²) in [5.41, 5.74) is 1.06. The van der Waals surface area contributed by atoms with E-state index in [0.717, 1.165) is 11.3 Å². The Labute approximate surface area is 150 Å². The fraction of sp³-hybridized carbons (Fsp3) is 0.235. The second kappa shape index (κ2) is 8.56. The van der Waals surface area contributed by atoms with Gasteiger partial charge in [0, 0.05) is 31.8 Å². The molecule has 3 rings (SSSR count). The first-order valence-corrected chi connectivity index (χ1v) is 8.08. The van der Waals surface area contributed by atoms with Gasteiger partial charge in [-0.2, -0.15) is 4.98 Å². The molecule has 0 spiro atoms. The van der Waals surface area contributed by atoms with Crippen LogP contribution in [0.2, 0.25) is 0 Å². The summed E-state index contributed by atoms with van der Waals surface area (Å²) in [4.78, 5) is 24.3. The number of carbonyl (C=O) groups excluding carboxylic acids is 1. The van der Waals surface area contributed by atoms with Crippen LogP contribution in [0.5, 0.6) is 5.75 Å². The Morgan fingerprint density at radius 1 is 1.15 bits per heavy atom. The van der Waals surface area contributed by atoms with Crippen LogP contribution < -0.4 is 15.4 Å². The number of rotatable bonds is 8. The van der Waals surface area contributed by atoms with Crippen LogP contribution in [0.15, 0.2) is 42.7 Å². The molecule has 0 bridgehead atoms. The average Bonchev–Trinajstić information content (AvgIpc) is 3.10. The van der Waals surface area contributed by atoms with E-state index >= 15 is 0 Å². The van der Waals surface area contributed by atoms with Gasteiger partial charge < -0.3 is 10.1 Å². The van der Waals surface area contributed by atoms with E-state index in [2.05, 4.69) is 35.8 Å². The number of aromatic amines is 1. The molecule has 0 aliphatic heterocycles. The van der Waals surface area contributed by atoms with Crippen molar-refractivity contribution in [2.24, 2.45) is 0 Å². The lowest BCUT2D eigenvalue weighted by atomic mass is 10.1.